The zero-order chi connectivity index (χ0) is 42.8. The fourth-order valence-corrected chi connectivity index (χ4v) is 8.54. The second-order valence-corrected chi connectivity index (χ2v) is 18.9. The van der Waals surface area contributed by atoms with Gasteiger partial charge in [0.25, 0.3) is 0 Å². The second kappa shape index (κ2) is 28.1. The molecule has 0 radical (unpaired) electrons. The second-order valence-electron chi connectivity index (χ2n) is 18.9. The van der Waals surface area contributed by atoms with Gasteiger partial charge in [0.15, 0.2) is 0 Å². The molecule has 58 heavy (non-hydrogen) atoms. The topological polar surface area (TPSA) is 26.3 Å². The third kappa shape index (κ3) is 21.6. The van der Waals surface area contributed by atoms with Gasteiger partial charge in [0.05, 0.1) is 0 Å². The van der Waals surface area contributed by atoms with Crippen molar-refractivity contribution in [2.45, 2.75) is 204 Å². The van der Waals surface area contributed by atoms with Crippen molar-refractivity contribution in [3.8, 4) is 0 Å². The van der Waals surface area contributed by atoms with Gasteiger partial charge in [0, 0.05) is 12.8 Å². The van der Waals surface area contributed by atoms with Crippen LogP contribution in [0.5, 0.6) is 0 Å². The molecule has 0 saturated carbocycles. The lowest BCUT2D eigenvalue weighted by Gasteiger charge is -2.37. The molecule has 0 amide bonds. The minimum Gasteiger partial charge on any atom is -0.462 e. The third-order valence-electron chi connectivity index (χ3n) is 12.1. The lowest BCUT2D eigenvalue weighted by atomic mass is 9.71. The SMILES string of the molecule is CCCCCCCCCCCCCCCC(=O)O[C@@H]1CC(C)=C(/C=C/C(C)=C/C=C/C(C)=C/C=C/C=C(C)/C=C/C=C(C)/C=C/C2=C(C)CCCC2(C)C)C(C)(C)C1. The first kappa shape index (κ1) is 50.8. The fraction of sp³-hybridized carbons (Fsp3) is 0.589. The van der Waals surface area contributed by atoms with Gasteiger partial charge in [-0.1, -0.05) is 230 Å². The van der Waals surface area contributed by atoms with Crippen LogP contribution in [0.1, 0.15) is 198 Å². The Morgan fingerprint density at radius 1 is 0.586 bits per heavy atom. The molecule has 2 aliphatic carbocycles. The van der Waals surface area contributed by atoms with Crippen LogP contribution in [-0.2, 0) is 9.53 Å². The van der Waals surface area contributed by atoms with Crippen molar-refractivity contribution < 1.29 is 9.53 Å². The van der Waals surface area contributed by atoms with E-state index >= 15 is 0 Å². The van der Waals surface area contributed by atoms with Crippen LogP contribution >= 0.6 is 0 Å². The van der Waals surface area contributed by atoms with Crippen molar-refractivity contribution in [2.24, 2.45) is 10.8 Å². The van der Waals surface area contributed by atoms with E-state index < -0.39 is 0 Å². The molecule has 322 valence electrons. The number of esters is 1. The van der Waals surface area contributed by atoms with Crippen LogP contribution in [-0.4, -0.2) is 12.1 Å². The molecule has 0 saturated heterocycles. The summed E-state index contributed by atoms with van der Waals surface area (Å²) in [7, 11) is 0. The summed E-state index contributed by atoms with van der Waals surface area (Å²) in [6.07, 6.45) is 53.6. The summed E-state index contributed by atoms with van der Waals surface area (Å²) in [5.41, 5.74) is 10.9. The minimum atomic E-state index is -0.0418. The molecule has 2 aliphatic rings. The molecule has 0 unspecified atom stereocenters. The average Bonchev–Trinajstić information content (AvgIpc) is 3.14. The van der Waals surface area contributed by atoms with Gasteiger partial charge in [-0.15, -0.1) is 0 Å². The van der Waals surface area contributed by atoms with Crippen LogP contribution in [0.15, 0.2) is 130 Å². The minimum absolute atomic E-state index is 0.0192. The van der Waals surface area contributed by atoms with Gasteiger partial charge in [0.2, 0.25) is 0 Å². The standard InChI is InChI=1S/C56H86O2/c1-12-13-14-15-16-17-18-19-20-21-22-23-24-37-54(57)58-51-43-50(7)53(56(10,11)44-51)41-39-48(5)35-28-33-46(3)31-26-25-30-45(2)32-27-34-47(4)38-40-52-49(6)36-29-42-55(52,8)9/h25-28,30-35,38-41,51H,12-24,29,36-37,42-44H2,1-11H3/b26-25+,32-27+,33-28+,40-38+,41-39+,45-30+,46-31+,47-34+,48-35+/t51-/m1/s1. The Morgan fingerprint density at radius 3 is 1.48 bits per heavy atom. The lowest BCUT2D eigenvalue weighted by molar-refractivity contribution is -0.150. The molecule has 2 nitrogen and oxygen atoms in total. The normalized spacial score (nSPS) is 20.0. The van der Waals surface area contributed by atoms with Crippen LogP contribution in [0.2, 0.25) is 0 Å². The molecule has 0 spiro atoms. The molecule has 2 rings (SSSR count). The van der Waals surface area contributed by atoms with E-state index in [4.69, 9.17) is 4.74 Å². The molecule has 0 N–H and O–H groups in total. The molecule has 0 aromatic rings. The maximum Gasteiger partial charge on any atom is 0.306 e. The highest BCUT2D eigenvalue weighted by atomic mass is 16.5. The van der Waals surface area contributed by atoms with Gasteiger partial charge < -0.3 is 4.74 Å². The van der Waals surface area contributed by atoms with E-state index in [0.29, 0.717) is 6.42 Å². The highest BCUT2D eigenvalue weighted by molar-refractivity contribution is 5.69. The Morgan fingerprint density at radius 2 is 1.02 bits per heavy atom. The quantitative estimate of drug-likeness (QED) is 0.0523. The van der Waals surface area contributed by atoms with Gasteiger partial charge in [-0.3, -0.25) is 4.79 Å². The Balaban J connectivity index is 1.75. The highest BCUT2D eigenvalue weighted by Crippen LogP contribution is 2.43. The van der Waals surface area contributed by atoms with E-state index in [2.05, 4.69) is 161 Å². The maximum atomic E-state index is 12.7. The van der Waals surface area contributed by atoms with Crippen LogP contribution in [0.3, 0.4) is 0 Å². The monoisotopic (exact) mass is 791 g/mol. The molecule has 0 bridgehead atoms. The van der Waals surface area contributed by atoms with Crippen LogP contribution in [0.4, 0.5) is 0 Å². The van der Waals surface area contributed by atoms with Crippen molar-refractivity contribution in [1.29, 1.82) is 0 Å². The first-order valence-electron chi connectivity index (χ1n) is 23.3. The molecule has 0 heterocycles. The van der Waals surface area contributed by atoms with Crippen LogP contribution < -0.4 is 0 Å². The molecule has 1 atom stereocenters. The lowest BCUT2D eigenvalue weighted by Crippen LogP contribution is -2.31. The molecular weight excluding hydrogens is 705 g/mol. The summed E-state index contributed by atoms with van der Waals surface area (Å²) in [5, 5.41) is 0. The van der Waals surface area contributed by atoms with Gasteiger partial charge >= 0.3 is 5.97 Å². The number of unbranched alkanes of at least 4 members (excludes halogenated alkanes) is 12. The third-order valence-corrected chi connectivity index (χ3v) is 12.1. The smallest absolute Gasteiger partial charge is 0.306 e. The summed E-state index contributed by atoms with van der Waals surface area (Å²) in [4.78, 5) is 12.7. The van der Waals surface area contributed by atoms with Gasteiger partial charge in [0.1, 0.15) is 6.10 Å². The number of hydrogen-bond acceptors (Lipinski definition) is 2. The van der Waals surface area contributed by atoms with Crippen molar-refractivity contribution >= 4 is 5.97 Å². The number of allylic oxidation sites excluding steroid dienone is 21. The Bertz CT molecular complexity index is 1600. The van der Waals surface area contributed by atoms with Gasteiger partial charge in [-0.05, 0) is 95.6 Å². The summed E-state index contributed by atoms with van der Waals surface area (Å²) < 4.78 is 6.02. The van der Waals surface area contributed by atoms with Crippen LogP contribution in [0.25, 0.3) is 0 Å². The van der Waals surface area contributed by atoms with Crippen LogP contribution in [0, 0.1) is 10.8 Å². The van der Waals surface area contributed by atoms with Gasteiger partial charge in [-0.25, -0.2) is 0 Å². The predicted octanol–water partition coefficient (Wildman–Crippen LogP) is 17.6. The van der Waals surface area contributed by atoms with E-state index in [1.807, 2.05) is 0 Å². The summed E-state index contributed by atoms with van der Waals surface area (Å²) in [5.74, 6) is -0.0192. The van der Waals surface area contributed by atoms with Gasteiger partial charge in [-0.2, -0.15) is 0 Å². The van der Waals surface area contributed by atoms with E-state index in [1.165, 1.54) is 129 Å². The molecule has 2 heteroatoms. The van der Waals surface area contributed by atoms with Crippen molar-refractivity contribution in [3.05, 3.63) is 130 Å². The summed E-state index contributed by atoms with van der Waals surface area (Å²) in [6, 6.07) is 0. The molecule has 0 aliphatic heterocycles. The predicted molar refractivity (Wildman–Crippen MR) is 257 cm³/mol. The molecule has 0 aromatic carbocycles. The maximum absolute atomic E-state index is 12.7. The highest BCUT2D eigenvalue weighted by Gasteiger charge is 2.34. The number of carbonyl (C=O) groups is 1. The first-order chi connectivity index (χ1) is 27.6. The van der Waals surface area contributed by atoms with E-state index in [1.54, 1.807) is 5.57 Å². The molecule has 0 fully saturated rings. The average molecular weight is 791 g/mol. The fourth-order valence-electron chi connectivity index (χ4n) is 8.54. The zero-order valence-electron chi connectivity index (χ0n) is 39.4. The molecular formula is C56H86O2. The Labute approximate surface area is 358 Å². The number of hydrogen-bond donors (Lipinski definition) is 0. The zero-order valence-corrected chi connectivity index (χ0v) is 39.4. The summed E-state index contributed by atoms with van der Waals surface area (Å²) >= 11 is 0. The number of carbonyl (C=O) groups excluding carboxylic acids is 1. The Hall–Kier alpha value is -3.39. The van der Waals surface area contributed by atoms with Crippen molar-refractivity contribution in [3.63, 3.8) is 0 Å². The van der Waals surface area contributed by atoms with E-state index in [0.717, 1.165) is 25.7 Å². The first-order valence-corrected chi connectivity index (χ1v) is 23.3. The largest absolute Gasteiger partial charge is 0.462 e. The summed E-state index contributed by atoms with van der Waals surface area (Å²) in [6.45, 7) is 24.7. The number of ether oxygens (including phenoxy) is 1. The van der Waals surface area contributed by atoms with Crippen molar-refractivity contribution in [2.75, 3.05) is 0 Å². The number of rotatable bonds is 25. The Kier molecular flexibility index (Phi) is 24.6. The van der Waals surface area contributed by atoms with Crippen molar-refractivity contribution in [1.82, 2.24) is 0 Å². The van der Waals surface area contributed by atoms with E-state index in [9.17, 15) is 4.79 Å². The molecule has 0 aromatic heterocycles. The van der Waals surface area contributed by atoms with E-state index in [-0.39, 0.29) is 22.9 Å².